The number of fused-ring (bicyclic) bond motifs is 1. The molecule has 2 saturated heterocycles. The molecule has 3 aromatic heterocycles. The molecule has 0 aliphatic carbocycles. The van der Waals surface area contributed by atoms with Gasteiger partial charge in [0.1, 0.15) is 17.2 Å². The summed E-state index contributed by atoms with van der Waals surface area (Å²) < 4.78 is 17.2. The van der Waals surface area contributed by atoms with Crippen molar-refractivity contribution < 1.29 is 4.39 Å². The Balaban J connectivity index is 1.45. The van der Waals surface area contributed by atoms with E-state index >= 15 is 4.39 Å². The molecule has 158 valence electrons. The van der Waals surface area contributed by atoms with Crippen LogP contribution in [0.25, 0.3) is 5.65 Å². The molecule has 8 heteroatoms. The van der Waals surface area contributed by atoms with Crippen LogP contribution in [-0.4, -0.2) is 63.9 Å². The maximum absolute atomic E-state index is 15.6. The van der Waals surface area contributed by atoms with Gasteiger partial charge < -0.3 is 9.80 Å². The van der Waals surface area contributed by atoms with Crippen LogP contribution in [0.3, 0.4) is 0 Å². The van der Waals surface area contributed by atoms with Crippen LogP contribution in [-0.2, 0) is 6.54 Å². The third-order valence-corrected chi connectivity index (χ3v) is 6.60. The van der Waals surface area contributed by atoms with Crippen molar-refractivity contribution in [2.24, 2.45) is 0 Å². The minimum absolute atomic E-state index is 0.0972. The summed E-state index contributed by atoms with van der Waals surface area (Å²) in [6.07, 6.45) is 3.78. The number of likely N-dealkylation sites (tertiary alicyclic amines) is 1. The Kier molecular flexibility index (Phi) is 5.35. The third kappa shape index (κ3) is 3.55. The number of aromatic nitrogens is 3. The van der Waals surface area contributed by atoms with E-state index in [2.05, 4.69) is 31.7 Å². The lowest BCUT2D eigenvalue weighted by atomic mass is 10.1. The fourth-order valence-electron chi connectivity index (χ4n) is 4.63. The third-order valence-electron chi connectivity index (χ3n) is 6.28. The van der Waals surface area contributed by atoms with Gasteiger partial charge in [0, 0.05) is 38.9 Å². The van der Waals surface area contributed by atoms with Gasteiger partial charge in [-0.1, -0.05) is 17.7 Å². The van der Waals surface area contributed by atoms with Crippen molar-refractivity contribution in [1.29, 1.82) is 0 Å². The number of pyridine rings is 2. The van der Waals surface area contributed by atoms with Crippen LogP contribution in [0.4, 0.5) is 10.2 Å². The minimum Gasteiger partial charge on any atom is -0.355 e. The van der Waals surface area contributed by atoms with E-state index in [0.717, 1.165) is 57.1 Å². The number of hydrogen-bond acceptors (Lipinski definition) is 5. The van der Waals surface area contributed by atoms with Crippen LogP contribution in [0, 0.1) is 5.95 Å². The molecular formula is C22H26ClFN6. The van der Waals surface area contributed by atoms with E-state index in [4.69, 9.17) is 11.6 Å². The molecule has 0 radical (unpaired) electrons. The number of anilines is 1. The van der Waals surface area contributed by atoms with Crippen LogP contribution >= 0.6 is 11.6 Å². The lowest BCUT2D eigenvalue weighted by Crippen LogP contribution is -2.45. The van der Waals surface area contributed by atoms with E-state index < -0.39 is 0 Å². The highest BCUT2D eigenvalue weighted by molar-refractivity contribution is 6.31. The molecule has 2 aliphatic rings. The molecule has 0 amide bonds. The zero-order valence-electron chi connectivity index (χ0n) is 17.1. The lowest BCUT2D eigenvalue weighted by molar-refractivity contribution is 0.238. The van der Waals surface area contributed by atoms with Crippen molar-refractivity contribution in [2.75, 3.05) is 44.7 Å². The first-order valence-electron chi connectivity index (χ1n) is 10.6. The monoisotopic (exact) mass is 428 g/mol. The molecule has 6 nitrogen and oxygen atoms in total. The Labute approximate surface area is 180 Å². The van der Waals surface area contributed by atoms with E-state index in [-0.39, 0.29) is 12.0 Å². The van der Waals surface area contributed by atoms with Crippen LogP contribution in [0.15, 0.2) is 36.5 Å². The standard InChI is InChI=1S/C22H26ClFN6/c1-27-11-13-28(14-12-27)20-8-2-7-19-26-17(22(24)30(19)20)15-29-10-4-6-18(29)21-16(23)5-3-9-25-21/h2-3,5,7-9,18H,4,6,10-15H2,1H3. The molecule has 0 saturated carbocycles. The maximum Gasteiger partial charge on any atom is 0.224 e. The first-order chi connectivity index (χ1) is 14.6. The van der Waals surface area contributed by atoms with Crippen LogP contribution < -0.4 is 4.90 Å². The van der Waals surface area contributed by atoms with E-state index in [1.165, 1.54) is 0 Å². The summed E-state index contributed by atoms with van der Waals surface area (Å²) in [6, 6.07) is 9.63. The molecule has 0 N–H and O–H groups in total. The number of nitrogens with zero attached hydrogens (tertiary/aromatic N) is 6. The molecular weight excluding hydrogens is 403 g/mol. The second-order valence-electron chi connectivity index (χ2n) is 8.22. The normalized spacial score (nSPS) is 21.0. The van der Waals surface area contributed by atoms with E-state index in [0.29, 0.717) is 22.9 Å². The lowest BCUT2D eigenvalue weighted by Gasteiger charge is -2.34. The Bertz CT molecular complexity index is 1050. The SMILES string of the molecule is CN1CCN(c2cccc3nc(CN4CCCC4c4ncccc4Cl)c(F)n23)CC1. The largest absolute Gasteiger partial charge is 0.355 e. The predicted molar refractivity (Wildman–Crippen MR) is 116 cm³/mol. The van der Waals surface area contributed by atoms with Crippen molar-refractivity contribution in [1.82, 2.24) is 24.2 Å². The molecule has 1 atom stereocenters. The van der Waals surface area contributed by atoms with E-state index in [9.17, 15) is 0 Å². The molecule has 3 aromatic rings. The van der Waals surface area contributed by atoms with Gasteiger partial charge in [-0.3, -0.25) is 14.3 Å². The number of imidazole rings is 1. The highest BCUT2D eigenvalue weighted by atomic mass is 35.5. The Morgan fingerprint density at radius 1 is 1.10 bits per heavy atom. The molecule has 0 spiro atoms. The van der Waals surface area contributed by atoms with Gasteiger partial charge in [-0.05, 0) is 50.7 Å². The first-order valence-corrected chi connectivity index (χ1v) is 10.9. The predicted octanol–water partition coefficient (Wildman–Crippen LogP) is 3.61. The number of hydrogen-bond donors (Lipinski definition) is 0. The highest BCUT2D eigenvalue weighted by Gasteiger charge is 2.30. The molecule has 1 unspecified atom stereocenters. The second-order valence-corrected chi connectivity index (χ2v) is 8.62. The zero-order valence-corrected chi connectivity index (χ0v) is 17.9. The van der Waals surface area contributed by atoms with Crippen LogP contribution in [0.2, 0.25) is 5.02 Å². The van der Waals surface area contributed by atoms with Gasteiger partial charge in [-0.2, -0.15) is 4.39 Å². The summed E-state index contributed by atoms with van der Waals surface area (Å²) in [5.74, 6) is 0.611. The highest BCUT2D eigenvalue weighted by Crippen LogP contribution is 2.35. The van der Waals surface area contributed by atoms with Gasteiger partial charge in [-0.25, -0.2) is 4.98 Å². The Morgan fingerprint density at radius 3 is 2.73 bits per heavy atom. The molecule has 0 aromatic carbocycles. The number of halogens is 2. The zero-order chi connectivity index (χ0) is 20.7. The molecule has 5 heterocycles. The van der Waals surface area contributed by atoms with Crippen molar-refractivity contribution in [3.63, 3.8) is 0 Å². The molecule has 5 rings (SSSR count). The number of rotatable bonds is 4. The average Bonchev–Trinajstić information content (AvgIpc) is 3.34. The maximum atomic E-state index is 15.6. The summed E-state index contributed by atoms with van der Waals surface area (Å²) in [6.45, 7) is 5.05. The number of piperazine rings is 1. The van der Waals surface area contributed by atoms with Gasteiger partial charge in [-0.15, -0.1) is 0 Å². The van der Waals surface area contributed by atoms with Crippen LogP contribution in [0.1, 0.15) is 30.3 Å². The summed E-state index contributed by atoms with van der Waals surface area (Å²) >= 11 is 6.39. The Hall–Kier alpha value is -2.22. The van der Waals surface area contributed by atoms with Crippen molar-refractivity contribution in [3.05, 3.63) is 58.9 Å². The quantitative estimate of drug-likeness (QED) is 0.634. The van der Waals surface area contributed by atoms with E-state index in [1.54, 1.807) is 10.6 Å². The average molecular weight is 429 g/mol. The molecule has 2 aliphatic heterocycles. The van der Waals surface area contributed by atoms with Gasteiger partial charge in [0.15, 0.2) is 0 Å². The van der Waals surface area contributed by atoms with Gasteiger partial charge in [0.2, 0.25) is 5.95 Å². The molecule has 30 heavy (non-hydrogen) atoms. The second kappa shape index (κ2) is 8.13. The smallest absolute Gasteiger partial charge is 0.224 e. The van der Waals surface area contributed by atoms with Crippen molar-refractivity contribution in [2.45, 2.75) is 25.4 Å². The van der Waals surface area contributed by atoms with Gasteiger partial charge in [0.05, 0.1) is 16.8 Å². The topological polar surface area (TPSA) is 39.9 Å². The first kappa shape index (κ1) is 19.7. The fourth-order valence-corrected chi connectivity index (χ4v) is 4.88. The summed E-state index contributed by atoms with van der Waals surface area (Å²) in [5.41, 5.74) is 2.01. The van der Waals surface area contributed by atoms with Gasteiger partial charge >= 0.3 is 0 Å². The summed E-state index contributed by atoms with van der Waals surface area (Å²) in [4.78, 5) is 15.9. The van der Waals surface area contributed by atoms with E-state index in [1.807, 2.05) is 30.3 Å². The Morgan fingerprint density at radius 2 is 1.93 bits per heavy atom. The molecule has 0 bridgehead atoms. The summed E-state index contributed by atoms with van der Waals surface area (Å²) in [7, 11) is 2.12. The molecule has 2 fully saturated rings. The number of likely N-dealkylation sites (N-methyl/N-ethyl adjacent to an activating group) is 1. The minimum atomic E-state index is -0.266. The van der Waals surface area contributed by atoms with Crippen LogP contribution in [0.5, 0.6) is 0 Å². The summed E-state index contributed by atoms with van der Waals surface area (Å²) in [5, 5.41) is 0.669. The van der Waals surface area contributed by atoms with Gasteiger partial charge in [0.25, 0.3) is 0 Å². The fraction of sp³-hybridized carbons (Fsp3) is 0.455. The van der Waals surface area contributed by atoms with Crippen molar-refractivity contribution in [3.8, 4) is 0 Å². The van der Waals surface area contributed by atoms with Crippen molar-refractivity contribution >= 4 is 23.1 Å².